The van der Waals surface area contributed by atoms with Crippen molar-refractivity contribution in [3.63, 3.8) is 0 Å². The summed E-state index contributed by atoms with van der Waals surface area (Å²) >= 11 is 7.51. The summed E-state index contributed by atoms with van der Waals surface area (Å²) in [7, 11) is 0. The third-order valence-electron chi connectivity index (χ3n) is 9.14. The van der Waals surface area contributed by atoms with Gasteiger partial charge in [-0.2, -0.15) is 10.2 Å². The maximum Gasteiger partial charge on any atom is 0.267 e. The van der Waals surface area contributed by atoms with E-state index in [9.17, 15) is 14.4 Å². The number of terminal acetylenes is 1. The number of hydrogen-bond donors (Lipinski definition) is 4. The molecule has 18 heteroatoms. The lowest BCUT2D eigenvalue weighted by Crippen LogP contribution is -2.47. The van der Waals surface area contributed by atoms with E-state index in [1.165, 1.54) is 17.5 Å². The molecule has 0 saturated carbocycles. The molecule has 1 atom stereocenters. The standard InChI is InChI=1S/C38H50ClN11O5S/c1-5-6-7-11-33(51)44-29(12-13-38(4)47-48-38)35(52)40-14-20-54-22-23-55-21-19-49-15-17-50(18-16-49)32-24-31(42-27(3)43-32)45-37-41-25-30(56-37)36(53)46-34-26(2)9-8-10-28(34)39/h1,8-10,24-25,29H,6-7,11-23H2,2-4H3,(H,40,52)(H,44,51)(H,46,53)(H,41,42,43,45)/t29-/m0/s1. The molecule has 1 saturated heterocycles. The zero-order chi connectivity index (χ0) is 39.9. The molecule has 0 radical (unpaired) electrons. The van der Waals surface area contributed by atoms with Crippen LogP contribution in [0.1, 0.15) is 60.1 Å². The van der Waals surface area contributed by atoms with Gasteiger partial charge in [0.1, 0.15) is 28.4 Å². The van der Waals surface area contributed by atoms with E-state index in [0.29, 0.717) is 91.0 Å². The lowest BCUT2D eigenvalue weighted by molar-refractivity contribution is -0.129. The van der Waals surface area contributed by atoms with Crippen molar-refractivity contribution in [1.29, 1.82) is 0 Å². The number of hydrogen-bond acceptors (Lipinski definition) is 14. The molecule has 3 amide bonds. The second-order valence-corrected chi connectivity index (χ2v) is 15.1. The molecule has 0 aliphatic carbocycles. The minimum absolute atomic E-state index is 0.202. The number of halogens is 1. The quantitative estimate of drug-likeness (QED) is 0.0813. The van der Waals surface area contributed by atoms with Gasteiger partial charge in [0.25, 0.3) is 5.91 Å². The molecule has 3 aromatic rings. The smallest absolute Gasteiger partial charge is 0.267 e. The van der Waals surface area contributed by atoms with E-state index in [1.54, 1.807) is 6.07 Å². The maximum absolute atomic E-state index is 12.9. The Morgan fingerprint density at radius 1 is 1.07 bits per heavy atom. The van der Waals surface area contributed by atoms with Gasteiger partial charge in [0, 0.05) is 58.2 Å². The number of amides is 3. The first-order valence-electron chi connectivity index (χ1n) is 18.7. The largest absolute Gasteiger partial charge is 0.378 e. The monoisotopic (exact) mass is 807 g/mol. The maximum atomic E-state index is 12.9. The molecule has 4 heterocycles. The molecule has 0 bridgehead atoms. The number of rotatable bonds is 22. The molecule has 16 nitrogen and oxygen atoms in total. The lowest BCUT2D eigenvalue weighted by atomic mass is 10.0. The molecule has 0 spiro atoms. The molecule has 2 aliphatic rings. The first kappa shape index (κ1) is 42.4. The third-order valence-corrected chi connectivity index (χ3v) is 10.4. The number of aromatic nitrogens is 3. The highest BCUT2D eigenvalue weighted by Crippen LogP contribution is 2.32. The van der Waals surface area contributed by atoms with Gasteiger partial charge in [-0.3, -0.25) is 19.3 Å². The van der Waals surface area contributed by atoms with Crippen LogP contribution in [-0.4, -0.2) is 115 Å². The molecule has 1 aromatic carbocycles. The van der Waals surface area contributed by atoms with Gasteiger partial charge in [0.05, 0.1) is 43.3 Å². The third kappa shape index (κ3) is 13.5. The highest BCUT2D eigenvalue weighted by molar-refractivity contribution is 7.17. The summed E-state index contributed by atoms with van der Waals surface area (Å²) in [5, 5.41) is 20.8. The Morgan fingerprint density at radius 2 is 1.84 bits per heavy atom. The van der Waals surface area contributed by atoms with Gasteiger partial charge in [-0.1, -0.05) is 35.1 Å². The second-order valence-electron chi connectivity index (χ2n) is 13.7. The topological polar surface area (TPSA) is 188 Å². The van der Waals surface area contributed by atoms with Gasteiger partial charge in [0.15, 0.2) is 10.8 Å². The molecule has 56 heavy (non-hydrogen) atoms. The van der Waals surface area contributed by atoms with E-state index in [2.05, 4.69) is 62.2 Å². The summed E-state index contributed by atoms with van der Waals surface area (Å²) in [5.41, 5.74) is 0.999. The molecule has 5 rings (SSSR count). The van der Waals surface area contributed by atoms with Crippen LogP contribution in [0.4, 0.5) is 22.5 Å². The number of unbranched alkanes of at least 4 members (excludes halogenated alkanes) is 1. The minimum Gasteiger partial charge on any atom is -0.378 e. The number of nitrogens with zero attached hydrogens (tertiary/aromatic N) is 7. The summed E-state index contributed by atoms with van der Waals surface area (Å²) in [6.07, 6.45) is 9.17. The van der Waals surface area contributed by atoms with Gasteiger partial charge in [0.2, 0.25) is 11.8 Å². The predicted octanol–water partition coefficient (Wildman–Crippen LogP) is 4.72. The predicted molar refractivity (Wildman–Crippen MR) is 217 cm³/mol. The zero-order valence-electron chi connectivity index (χ0n) is 32.1. The number of anilines is 4. The highest BCUT2D eigenvalue weighted by atomic mass is 35.5. The lowest BCUT2D eigenvalue weighted by Gasteiger charge is -2.35. The van der Waals surface area contributed by atoms with Crippen LogP contribution < -0.4 is 26.2 Å². The Morgan fingerprint density at radius 3 is 2.57 bits per heavy atom. The Labute approximate surface area is 336 Å². The van der Waals surface area contributed by atoms with Crippen molar-refractivity contribution in [2.24, 2.45) is 10.2 Å². The SMILES string of the molecule is C#CCCCC(=O)N[C@@H](CCC1(C)N=N1)C(=O)NCCOCCOCCN1CCN(c2cc(Nc3ncc(C(=O)Nc4c(C)cccc4Cl)s3)nc(C)n2)CC1. The molecular formula is C38H50ClN11O5S. The summed E-state index contributed by atoms with van der Waals surface area (Å²) < 4.78 is 11.5. The first-order chi connectivity index (χ1) is 27.0. The van der Waals surface area contributed by atoms with Crippen LogP contribution in [0.5, 0.6) is 0 Å². The molecule has 1 fully saturated rings. The Bertz CT molecular complexity index is 1850. The van der Waals surface area contributed by atoms with Gasteiger partial charge in [-0.25, -0.2) is 15.0 Å². The summed E-state index contributed by atoms with van der Waals surface area (Å²) in [5.74, 6) is 3.82. The number of carbonyl (C=O) groups is 3. The summed E-state index contributed by atoms with van der Waals surface area (Å²) in [4.78, 5) is 56.6. The Hall–Kier alpha value is -4.73. The number of ether oxygens (including phenoxy) is 2. The van der Waals surface area contributed by atoms with Crippen LogP contribution in [0.15, 0.2) is 40.7 Å². The van der Waals surface area contributed by atoms with Crippen LogP contribution >= 0.6 is 22.9 Å². The molecule has 4 N–H and O–H groups in total. The second kappa shape index (κ2) is 21.0. The fourth-order valence-corrected chi connectivity index (χ4v) is 6.85. The minimum atomic E-state index is -0.669. The summed E-state index contributed by atoms with van der Waals surface area (Å²) in [6, 6.07) is 6.69. The van der Waals surface area contributed by atoms with Crippen LogP contribution in [-0.2, 0) is 19.1 Å². The van der Waals surface area contributed by atoms with Crippen molar-refractivity contribution in [2.75, 3.05) is 81.2 Å². The van der Waals surface area contributed by atoms with E-state index in [-0.39, 0.29) is 24.1 Å². The number of aryl methyl sites for hydroxylation is 2. The Balaban J connectivity index is 0.947. The van der Waals surface area contributed by atoms with Crippen LogP contribution in [0.25, 0.3) is 0 Å². The number of para-hydroxylation sites is 1. The van der Waals surface area contributed by atoms with Crippen LogP contribution in [0.3, 0.4) is 0 Å². The Kier molecular flexibility index (Phi) is 15.9. The van der Waals surface area contributed by atoms with Gasteiger partial charge in [-0.05, 0) is 51.7 Å². The number of piperazine rings is 1. The van der Waals surface area contributed by atoms with Crippen molar-refractivity contribution in [2.45, 2.75) is 64.6 Å². The highest BCUT2D eigenvalue weighted by Gasteiger charge is 2.35. The summed E-state index contributed by atoms with van der Waals surface area (Å²) in [6.45, 7) is 11.8. The molecule has 300 valence electrons. The van der Waals surface area contributed by atoms with E-state index < -0.39 is 11.7 Å². The first-order valence-corrected chi connectivity index (χ1v) is 19.9. The molecule has 2 aromatic heterocycles. The van der Waals surface area contributed by atoms with Crippen LogP contribution in [0, 0.1) is 26.2 Å². The van der Waals surface area contributed by atoms with E-state index in [0.717, 1.165) is 44.1 Å². The van der Waals surface area contributed by atoms with Crippen molar-refractivity contribution in [3.8, 4) is 12.3 Å². The van der Waals surface area contributed by atoms with E-state index in [4.69, 9.17) is 27.5 Å². The average molecular weight is 808 g/mol. The van der Waals surface area contributed by atoms with Crippen molar-refractivity contribution >= 4 is 63.1 Å². The van der Waals surface area contributed by atoms with E-state index in [1.807, 2.05) is 39.0 Å². The average Bonchev–Trinajstić information content (AvgIpc) is 3.73. The normalized spacial score (nSPS) is 15.2. The fourth-order valence-electron chi connectivity index (χ4n) is 5.87. The number of nitrogens with one attached hydrogen (secondary N) is 4. The molecule has 2 aliphatic heterocycles. The fraction of sp³-hybridized carbons (Fsp3) is 0.526. The molecule has 0 unspecified atom stereocenters. The van der Waals surface area contributed by atoms with Gasteiger partial charge < -0.3 is 35.6 Å². The zero-order valence-corrected chi connectivity index (χ0v) is 33.7. The number of thiazole rings is 1. The van der Waals surface area contributed by atoms with Gasteiger partial charge in [-0.15, -0.1) is 12.3 Å². The van der Waals surface area contributed by atoms with Crippen molar-refractivity contribution < 1.29 is 23.9 Å². The van der Waals surface area contributed by atoms with E-state index >= 15 is 0 Å². The number of benzene rings is 1. The number of carbonyl (C=O) groups excluding carboxylic acids is 3. The van der Waals surface area contributed by atoms with Crippen LogP contribution in [0.2, 0.25) is 5.02 Å². The molecular weight excluding hydrogens is 758 g/mol. The van der Waals surface area contributed by atoms with Crippen molar-refractivity contribution in [3.05, 3.63) is 51.7 Å². The van der Waals surface area contributed by atoms with Gasteiger partial charge >= 0.3 is 0 Å². The van der Waals surface area contributed by atoms with Crippen molar-refractivity contribution in [1.82, 2.24) is 30.5 Å².